The summed E-state index contributed by atoms with van der Waals surface area (Å²) in [5.74, 6) is 0.172. The second-order valence-electron chi connectivity index (χ2n) is 12.4. The third-order valence-corrected chi connectivity index (χ3v) is 7.37. The molecule has 2 heterocycles. The molecule has 3 N–H and O–H groups in total. The minimum Gasteiger partial charge on any atom is -0.465 e. The zero-order valence-electron chi connectivity index (χ0n) is 30.1. The van der Waals surface area contributed by atoms with Crippen molar-refractivity contribution in [2.24, 2.45) is 0 Å². The van der Waals surface area contributed by atoms with Crippen molar-refractivity contribution in [1.29, 1.82) is 0 Å². The SMILES string of the molecule is COC(=O)c1ccc2c(c1)nc(Nc1cc(Cl)cc(NCCOCCOCCOCCOCCOCCNC(=O)OC(C)(C)C)c1)c1ccncc12. The van der Waals surface area contributed by atoms with Crippen molar-refractivity contribution in [2.75, 3.05) is 96.9 Å². The molecule has 0 radical (unpaired) electrons. The summed E-state index contributed by atoms with van der Waals surface area (Å²) in [6, 6.07) is 12.8. The summed E-state index contributed by atoms with van der Waals surface area (Å²) in [6.45, 7) is 10.8. The van der Waals surface area contributed by atoms with E-state index in [4.69, 9.17) is 49.7 Å². The maximum absolute atomic E-state index is 12.1. The topological polar surface area (TPSA) is 161 Å². The molecule has 0 spiro atoms. The maximum Gasteiger partial charge on any atom is 0.407 e. The fourth-order valence-corrected chi connectivity index (χ4v) is 5.11. The highest BCUT2D eigenvalue weighted by Gasteiger charge is 2.16. The Bertz CT molecular complexity index is 1740. The van der Waals surface area contributed by atoms with Gasteiger partial charge in [-0.2, -0.15) is 0 Å². The van der Waals surface area contributed by atoms with Gasteiger partial charge in [0.05, 0.1) is 84.3 Å². The minimum atomic E-state index is -0.523. The predicted octanol–water partition coefficient (Wildman–Crippen LogP) is 5.99. The number of esters is 1. The molecule has 52 heavy (non-hydrogen) atoms. The molecule has 2 aromatic carbocycles. The monoisotopic (exact) mass is 741 g/mol. The predicted molar refractivity (Wildman–Crippen MR) is 200 cm³/mol. The summed E-state index contributed by atoms with van der Waals surface area (Å²) in [5.41, 5.74) is 2.07. The van der Waals surface area contributed by atoms with Gasteiger partial charge in [-0.1, -0.05) is 17.7 Å². The number of hydrogen-bond donors (Lipinski definition) is 3. The number of pyridine rings is 2. The Kier molecular flexibility index (Phi) is 16.6. The fourth-order valence-electron chi connectivity index (χ4n) is 4.88. The first-order valence-electron chi connectivity index (χ1n) is 17.1. The number of hydrogen-bond acceptors (Lipinski definition) is 13. The number of nitrogens with one attached hydrogen (secondary N) is 3. The van der Waals surface area contributed by atoms with Crippen LogP contribution in [0.2, 0.25) is 5.02 Å². The van der Waals surface area contributed by atoms with Gasteiger partial charge < -0.3 is 49.1 Å². The van der Waals surface area contributed by atoms with Crippen LogP contribution < -0.4 is 16.0 Å². The molecule has 0 aliphatic rings. The van der Waals surface area contributed by atoms with Crippen LogP contribution in [0.5, 0.6) is 0 Å². The number of benzene rings is 2. The number of ether oxygens (including phenoxy) is 7. The van der Waals surface area contributed by atoms with E-state index in [9.17, 15) is 9.59 Å². The Balaban J connectivity index is 1.06. The molecule has 0 bridgehead atoms. The molecule has 4 aromatic rings. The number of carbonyl (C=O) groups excluding carboxylic acids is 2. The summed E-state index contributed by atoms with van der Waals surface area (Å²) in [7, 11) is 1.35. The molecule has 1 amide bonds. The van der Waals surface area contributed by atoms with Gasteiger partial charge in [0.2, 0.25) is 0 Å². The molecule has 14 nitrogen and oxygen atoms in total. The van der Waals surface area contributed by atoms with Crippen LogP contribution in [-0.4, -0.2) is 114 Å². The lowest BCUT2D eigenvalue weighted by Crippen LogP contribution is -2.34. The average molecular weight is 742 g/mol. The first kappa shape index (κ1) is 40.5. The number of carbonyl (C=O) groups is 2. The Morgan fingerprint density at radius 2 is 1.35 bits per heavy atom. The lowest BCUT2D eigenvalue weighted by Gasteiger charge is -2.19. The van der Waals surface area contributed by atoms with E-state index in [0.717, 1.165) is 27.5 Å². The number of fused-ring (bicyclic) bond motifs is 3. The van der Waals surface area contributed by atoms with Crippen LogP contribution in [0.25, 0.3) is 21.7 Å². The number of anilines is 3. The fraction of sp³-hybridized carbons (Fsp3) is 0.459. The summed E-state index contributed by atoms with van der Waals surface area (Å²) in [4.78, 5) is 32.8. The molecule has 0 atom stereocenters. The molecule has 0 aliphatic carbocycles. The number of amides is 1. The van der Waals surface area contributed by atoms with Gasteiger partial charge in [-0.15, -0.1) is 0 Å². The van der Waals surface area contributed by atoms with Gasteiger partial charge in [0.15, 0.2) is 0 Å². The van der Waals surface area contributed by atoms with E-state index in [1.54, 1.807) is 24.5 Å². The van der Waals surface area contributed by atoms with E-state index in [1.165, 1.54) is 7.11 Å². The minimum absolute atomic E-state index is 0.370. The van der Waals surface area contributed by atoms with E-state index < -0.39 is 17.7 Å². The van der Waals surface area contributed by atoms with E-state index in [0.29, 0.717) is 101 Å². The number of rotatable bonds is 22. The van der Waals surface area contributed by atoms with Gasteiger partial charge in [-0.25, -0.2) is 14.6 Å². The largest absolute Gasteiger partial charge is 0.465 e. The van der Waals surface area contributed by atoms with Crippen molar-refractivity contribution in [1.82, 2.24) is 15.3 Å². The van der Waals surface area contributed by atoms with Crippen molar-refractivity contribution in [3.05, 3.63) is 65.4 Å². The highest BCUT2D eigenvalue weighted by atomic mass is 35.5. The number of alkyl carbamates (subject to hydrolysis) is 1. The molecule has 15 heteroatoms. The average Bonchev–Trinajstić information content (AvgIpc) is 3.11. The van der Waals surface area contributed by atoms with Crippen molar-refractivity contribution < 1.29 is 42.7 Å². The molecule has 2 aromatic heterocycles. The second-order valence-corrected chi connectivity index (χ2v) is 12.8. The van der Waals surface area contributed by atoms with E-state index in [-0.39, 0.29) is 0 Å². The van der Waals surface area contributed by atoms with Gasteiger partial charge in [-0.3, -0.25) is 4.98 Å². The van der Waals surface area contributed by atoms with Crippen LogP contribution in [0.4, 0.5) is 22.0 Å². The standard InChI is InChI=1S/C37H48ClN5O9/c1-37(2,3)52-36(45)41-10-12-48-14-16-50-18-20-51-19-17-49-15-13-47-11-9-40-28-22-27(38)23-29(24-28)42-34-31-7-8-39-25-32(31)30-6-5-26(35(44)46-4)21-33(30)43-34/h5-8,21-25,40H,9-20H2,1-4H3,(H,41,45)(H,42,43). The van der Waals surface area contributed by atoms with Crippen molar-refractivity contribution in [2.45, 2.75) is 26.4 Å². The van der Waals surface area contributed by atoms with Gasteiger partial charge in [0, 0.05) is 58.0 Å². The Morgan fingerprint density at radius 3 is 1.98 bits per heavy atom. The number of aromatic nitrogens is 2. The highest BCUT2D eigenvalue weighted by Crippen LogP contribution is 2.32. The van der Waals surface area contributed by atoms with E-state index in [1.807, 2.05) is 51.1 Å². The molecule has 0 saturated carbocycles. The van der Waals surface area contributed by atoms with E-state index in [2.05, 4.69) is 20.9 Å². The molecular formula is C37H48ClN5O9. The van der Waals surface area contributed by atoms with Crippen LogP contribution in [-0.2, 0) is 33.2 Å². The Labute approximate surface area is 308 Å². The van der Waals surface area contributed by atoms with Crippen LogP contribution in [0.15, 0.2) is 54.9 Å². The van der Waals surface area contributed by atoms with Gasteiger partial charge in [0.1, 0.15) is 11.4 Å². The second kappa shape index (κ2) is 21.3. The Hall–Kier alpha value is -4.31. The molecule has 282 valence electrons. The van der Waals surface area contributed by atoms with Crippen LogP contribution in [0, 0.1) is 0 Å². The van der Waals surface area contributed by atoms with Crippen molar-refractivity contribution in [3.8, 4) is 0 Å². The van der Waals surface area contributed by atoms with Crippen LogP contribution in [0.1, 0.15) is 31.1 Å². The third-order valence-electron chi connectivity index (χ3n) is 7.16. The third kappa shape index (κ3) is 14.0. The molecule has 0 fully saturated rings. The van der Waals surface area contributed by atoms with Crippen molar-refractivity contribution in [3.63, 3.8) is 0 Å². The molecule has 4 rings (SSSR count). The van der Waals surface area contributed by atoms with Crippen LogP contribution in [0.3, 0.4) is 0 Å². The van der Waals surface area contributed by atoms with Gasteiger partial charge >= 0.3 is 12.1 Å². The summed E-state index contributed by atoms with van der Waals surface area (Å²) >= 11 is 6.46. The number of methoxy groups -OCH3 is 1. The molecule has 0 unspecified atom stereocenters. The summed E-state index contributed by atoms with van der Waals surface area (Å²) < 4.78 is 37.7. The first-order valence-corrected chi connectivity index (χ1v) is 17.4. The lowest BCUT2D eigenvalue weighted by molar-refractivity contribution is -0.0103. The number of halogens is 1. The maximum atomic E-state index is 12.1. The molecule has 0 aliphatic heterocycles. The quantitative estimate of drug-likeness (QED) is 0.0490. The van der Waals surface area contributed by atoms with Crippen molar-refractivity contribution >= 4 is 62.5 Å². The molecular weight excluding hydrogens is 694 g/mol. The first-order chi connectivity index (χ1) is 25.1. The zero-order valence-corrected chi connectivity index (χ0v) is 30.9. The van der Waals surface area contributed by atoms with Gasteiger partial charge in [-0.05, 0) is 57.2 Å². The van der Waals surface area contributed by atoms with Crippen LogP contribution >= 0.6 is 11.6 Å². The summed E-state index contributed by atoms with van der Waals surface area (Å²) in [5, 5.41) is 12.5. The normalized spacial score (nSPS) is 11.5. The van der Waals surface area contributed by atoms with Gasteiger partial charge in [0.25, 0.3) is 0 Å². The highest BCUT2D eigenvalue weighted by molar-refractivity contribution is 6.31. The van der Waals surface area contributed by atoms with E-state index >= 15 is 0 Å². The molecule has 0 saturated heterocycles. The Morgan fingerprint density at radius 1 is 0.731 bits per heavy atom. The summed E-state index contributed by atoms with van der Waals surface area (Å²) in [6.07, 6.45) is 3.03. The number of nitrogens with zero attached hydrogens (tertiary/aromatic N) is 2. The smallest absolute Gasteiger partial charge is 0.407 e. The lowest BCUT2D eigenvalue weighted by atomic mass is 10.1. The zero-order chi connectivity index (χ0) is 37.2.